The molecule has 1 heterocycles. The van der Waals surface area contributed by atoms with E-state index in [0.717, 1.165) is 36.1 Å². The van der Waals surface area contributed by atoms with E-state index in [1.54, 1.807) is 0 Å². The summed E-state index contributed by atoms with van der Waals surface area (Å²) in [6, 6.07) is 0.427. The van der Waals surface area contributed by atoms with Gasteiger partial charge in [-0.05, 0) is 25.6 Å². The maximum Gasteiger partial charge on any atom is 0.228 e. The van der Waals surface area contributed by atoms with Crippen LogP contribution in [0, 0.1) is 0 Å². The molecular formula is C11H21N3OS. The summed E-state index contributed by atoms with van der Waals surface area (Å²) in [7, 11) is 1.96. The summed E-state index contributed by atoms with van der Waals surface area (Å²) in [5, 5.41) is 7.20. The van der Waals surface area contributed by atoms with E-state index >= 15 is 0 Å². The van der Waals surface area contributed by atoms with Crippen LogP contribution in [0.1, 0.15) is 38.4 Å². The third-order valence-corrected chi connectivity index (χ3v) is 3.57. The van der Waals surface area contributed by atoms with E-state index in [9.17, 15) is 0 Å². The third-order valence-electron chi connectivity index (χ3n) is 2.41. The zero-order chi connectivity index (χ0) is 11.8. The highest BCUT2D eigenvalue weighted by atomic mass is 32.2. The number of rotatable bonds is 8. The van der Waals surface area contributed by atoms with Crippen molar-refractivity contribution in [3.8, 4) is 0 Å². The molecule has 0 amide bonds. The van der Waals surface area contributed by atoms with Gasteiger partial charge in [-0.25, -0.2) is 0 Å². The lowest BCUT2D eigenvalue weighted by Gasteiger charge is -2.09. The molecule has 4 nitrogen and oxygen atoms in total. The lowest BCUT2D eigenvalue weighted by Crippen LogP contribution is -2.26. The molecule has 0 aromatic carbocycles. The van der Waals surface area contributed by atoms with Crippen molar-refractivity contribution in [3.05, 3.63) is 11.7 Å². The van der Waals surface area contributed by atoms with Gasteiger partial charge in [0, 0.05) is 12.5 Å². The summed E-state index contributed by atoms with van der Waals surface area (Å²) in [6.07, 6.45) is 3.07. The van der Waals surface area contributed by atoms with Gasteiger partial charge in [0.25, 0.3) is 0 Å². The zero-order valence-corrected chi connectivity index (χ0v) is 11.1. The lowest BCUT2D eigenvalue weighted by atomic mass is 10.1. The van der Waals surface area contributed by atoms with Crippen molar-refractivity contribution >= 4 is 11.8 Å². The van der Waals surface area contributed by atoms with Gasteiger partial charge in [0.2, 0.25) is 5.89 Å². The molecule has 0 saturated carbocycles. The first-order chi connectivity index (χ1) is 7.80. The van der Waals surface area contributed by atoms with Crippen molar-refractivity contribution in [1.82, 2.24) is 15.5 Å². The molecule has 92 valence electrons. The number of nitrogens with one attached hydrogen (secondary N) is 1. The molecular weight excluding hydrogens is 222 g/mol. The van der Waals surface area contributed by atoms with Crippen LogP contribution in [0.4, 0.5) is 0 Å². The smallest absolute Gasteiger partial charge is 0.228 e. The quantitative estimate of drug-likeness (QED) is 0.710. The predicted molar refractivity (Wildman–Crippen MR) is 67.6 cm³/mol. The number of hydrogen-bond acceptors (Lipinski definition) is 5. The molecule has 0 aliphatic heterocycles. The van der Waals surface area contributed by atoms with E-state index < -0.39 is 0 Å². The molecule has 1 aromatic heterocycles. The molecule has 1 atom stereocenters. The highest BCUT2D eigenvalue weighted by molar-refractivity contribution is 7.98. The molecule has 0 saturated heterocycles. The first kappa shape index (κ1) is 13.5. The zero-order valence-electron chi connectivity index (χ0n) is 10.3. The average molecular weight is 243 g/mol. The van der Waals surface area contributed by atoms with E-state index in [1.165, 1.54) is 6.42 Å². The van der Waals surface area contributed by atoms with Crippen LogP contribution in [0.2, 0.25) is 0 Å². The van der Waals surface area contributed by atoms with Crippen LogP contribution in [0.25, 0.3) is 0 Å². The van der Waals surface area contributed by atoms with Gasteiger partial charge in [0.05, 0.1) is 5.75 Å². The molecule has 1 unspecified atom stereocenters. The first-order valence-corrected chi connectivity index (χ1v) is 7.02. The van der Waals surface area contributed by atoms with Gasteiger partial charge >= 0.3 is 0 Å². The normalized spacial score (nSPS) is 12.9. The van der Waals surface area contributed by atoms with Crippen molar-refractivity contribution in [2.24, 2.45) is 0 Å². The van der Waals surface area contributed by atoms with Crippen molar-refractivity contribution < 1.29 is 4.52 Å². The Labute approximate surface area is 102 Å². The fourth-order valence-electron chi connectivity index (χ4n) is 1.40. The molecule has 16 heavy (non-hydrogen) atoms. The Hall–Kier alpha value is -0.550. The molecule has 5 heteroatoms. The van der Waals surface area contributed by atoms with Crippen LogP contribution in [0.5, 0.6) is 0 Å². The molecule has 0 spiro atoms. The molecule has 0 fully saturated rings. The fourth-order valence-corrected chi connectivity index (χ4v) is 2.13. The molecule has 1 aromatic rings. The van der Waals surface area contributed by atoms with Crippen LogP contribution in [-0.2, 0) is 12.2 Å². The van der Waals surface area contributed by atoms with Gasteiger partial charge < -0.3 is 9.84 Å². The van der Waals surface area contributed by atoms with E-state index in [4.69, 9.17) is 4.52 Å². The van der Waals surface area contributed by atoms with Crippen molar-refractivity contribution in [1.29, 1.82) is 0 Å². The van der Waals surface area contributed by atoms with Gasteiger partial charge in [0.15, 0.2) is 5.82 Å². The Morgan fingerprint density at radius 1 is 1.44 bits per heavy atom. The molecule has 1 rings (SSSR count). The highest BCUT2D eigenvalue weighted by Gasteiger charge is 2.11. The largest absolute Gasteiger partial charge is 0.339 e. The molecule has 0 bridgehead atoms. The van der Waals surface area contributed by atoms with Gasteiger partial charge in [-0.2, -0.15) is 16.7 Å². The molecule has 0 aliphatic carbocycles. The van der Waals surface area contributed by atoms with Crippen LogP contribution in [-0.4, -0.2) is 29.0 Å². The molecule has 0 aliphatic rings. The number of hydrogen-bond donors (Lipinski definition) is 1. The van der Waals surface area contributed by atoms with Crippen LogP contribution in [0.15, 0.2) is 4.52 Å². The maximum atomic E-state index is 5.22. The summed E-state index contributed by atoms with van der Waals surface area (Å²) in [4.78, 5) is 4.38. The second-order valence-corrected chi connectivity index (χ2v) is 4.86. The second-order valence-electron chi connectivity index (χ2n) is 3.75. The van der Waals surface area contributed by atoms with Gasteiger partial charge in [-0.15, -0.1) is 0 Å². The lowest BCUT2D eigenvalue weighted by molar-refractivity contribution is 0.356. The van der Waals surface area contributed by atoms with E-state index in [1.807, 2.05) is 18.8 Å². The highest BCUT2D eigenvalue weighted by Crippen LogP contribution is 2.11. The first-order valence-electron chi connectivity index (χ1n) is 5.86. The van der Waals surface area contributed by atoms with Gasteiger partial charge in [-0.3, -0.25) is 0 Å². The Morgan fingerprint density at radius 2 is 2.25 bits per heavy atom. The summed E-state index contributed by atoms with van der Waals surface area (Å²) < 4.78 is 5.22. The SMILES string of the molecule is CCCSCc1noc(CC(CC)NC)n1. The second kappa shape index (κ2) is 7.68. The summed E-state index contributed by atoms with van der Waals surface area (Å²) >= 11 is 1.85. The number of thioether (sulfide) groups is 1. The van der Waals surface area contributed by atoms with Crippen molar-refractivity contribution in [2.75, 3.05) is 12.8 Å². The summed E-state index contributed by atoms with van der Waals surface area (Å²) in [5.41, 5.74) is 0. The summed E-state index contributed by atoms with van der Waals surface area (Å²) in [6.45, 7) is 4.32. The Balaban J connectivity index is 2.38. The number of likely N-dealkylation sites (N-methyl/N-ethyl adjacent to an activating group) is 1. The van der Waals surface area contributed by atoms with E-state index in [2.05, 4.69) is 29.3 Å². The Kier molecular flexibility index (Phi) is 6.49. The maximum absolute atomic E-state index is 5.22. The van der Waals surface area contributed by atoms with E-state index in [-0.39, 0.29) is 0 Å². The number of aromatic nitrogens is 2. The minimum atomic E-state index is 0.427. The topological polar surface area (TPSA) is 51.0 Å². The Morgan fingerprint density at radius 3 is 2.88 bits per heavy atom. The summed E-state index contributed by atoms with van der Waals surface area (Å²) in [5.74, 6) is 3.57. The van der Waals surface area contributed by atoms with Crippen LogP contribution >= 0.6 is 11.8 Å². The van der Waals surface area contributed by atoms with E-state index in [0.29, 0.717) is 6.04 Å². The van der Waals surface area contributed by atoms with Gasteiger partial charge in [-0.1, -0.05) is 19.0 Å². The van der Waals surface area contributed by atoms with Crippen LogP contribution in [0.3, 0.4) is 0 Å². The van der Waals surface area contributed by atoms with Crippen LogP contribution < -0.4 is 5.32 Å². The van der Waals surface area contributed by atoms with Crippen molar-refractivity contribution in [2.45, 2.75) is 44.9 Å². The number of nitrogens with zero attached hydrogens (tertiary/aromatic N) is 2. The monoisotopic (exact) mass is 243 g/mol. The third kappa shape index (κ3) is 4.53. The Bertz CT molecular complexity index is 287. The molecule has 1 N–H and O–H groups in total. The van der Waals surface area contributed by atoms with Gasteiger partial charge in [0.1, 0.15) is 0 Å². The molecule has 0 radical (unpaired) electrons. The average Bonchev–Trinajstić information content (AvgIpc) is 2.74. The van der Waals surface area contributed by atoms with Crippen molar-refractivity contribution in [3.63, 3.8) is 0 Å². The predicted octanol–water partition coefficient (Wildman–Crippen LogP) is 2.25. The standard InChI is InChI=1S/C11H21N3OS/c1-4-6-16-8-10-13-11(15-14-10)7-9(5-2)12-3/h9,12H,4-8H2,1-3H3. The minimum absolute atomic E-state index is 0.427. The minimum Gasteiger partial charge on any atom is -0.339 e. The fraction of sp³-hybridized carbons (Fsp3) is 0.818.